The summed E-state index contributed by atoms with van der Waals surface area (Å²) in [4.78, 5) is 15.0. The van der Waals surface area contributed by atoms with E-state index in [0.717, 1.165) is 44.0 Å². The fraction of sp³-hybridized carbons (Fsp3) is 0.409. The Bertz CT molecular complexity index is 757. The average molecular weight is 366 g/mol. The first-order valence-electron chi connectivity index (χ1n) is 9.70. The van der Waals surface area contributed by atoms with Gasteiger partial charge in [0.25, 0.3) is 0 Å². The SMILES string of the molecule is O=C(NC[C@H]1COc2ccccc2O1)C1CCN(Cc2ccccc2)CC1. The lowest BCUT2D eigenvalue weighted by Crippen LogP contribution is -2.45. The van der Waals surface area contributed by atoms with Crippen LogP contribution in [0.1, 0.15) is 18.4 Å². The van der Waals surface area contributed by atoms with Gasteiger partial charge in [-0.3, -0.25) is 9.69 Å². The summed E-state index contributed by atoms with van der Waals surface area (Å²) < 4.78 is 11.6. The van der Waals surface area contributed by atoms with Crippen molar-refractivity contribution in [3.8, 4) is 11.5 Å². The molecule has 27 heavy (non-hydrogen) atoms. The maximum Gasteiger partial charge on any atom is 0.223 e. The second-order valence-electron chi connectivity index (χ2n) is 7.28. The van der Waals surface area contributed by atoms with Crippen LogP contribution in [0, 0.1) is 5.92 Å². The molecule has 1 saturated heterocycles. The van der Waals surface area contributed by atoms with Gasteiger partial charge < -0.3 is 14.8 Å². The van der Waals surface area contributed by atoms with Crippen LogP contribution in [0.25, 0.3) is 0 Å². The van der Waals surface area contributed by atoms with Crippen LogP contribution >= 0.6 is 0 Å². The van der Waals surface area contributed by atoms with Crippen LogP contribution in [0.5, 0.6) is 11.5 Å². The fourth-order valence-corrected chi connectivity index (χ4v) is 3.72. The zero-order valence-corrected chi connectivity index (χ0v) is 15.5. The van der Waals surface area contributed by atoms with Crippen LogP contribution in [0.15, 0.2) is 54.6 Å². The summed E-state index contributed by atoms with van der Waals surface area (Å²) in [6.07, 6.45) is 1.68. The number of piperidine rings is 1. The van der Waals surface area contributed by atoms with Gasteiger partial charge in [-0.15, -0.1) is 0 Å². The Kier molecular flexibility index (Phi) is 5.58. The monoisotopic (exact) mass is 366 g/mol. The van der Waals surface area contributed by atoms with Gasteiger partial charge in [0.05, 0.1) is 6.54 Å². The van der Waals surface area contributed by atoms with Crippen LogP contribution in [-0.4, -0.2) is 43.2 Å². The van der Waals surface area contributed by atoms with E-state index >= 15 is 0 Å². The van der Waals surface area contributed by atoms with Gasteiger partial charge in [-0.2, -0.15) is 0 Å². The Hall–Kier alpha value is -2.53. The van der Waals surface area contributed by atoms with E-state index in [1.807, 2.05) is 30.3 Å². The lowest BCUT2D eigenvalue weighted by atomic mass is 9.95. The van der Waals surface area contributed by atoms with Crippen molar-refractivity contribution in [1.29, 1.82) is 0 Å². The Morgan fingerprint density at radius 3 is 2.48 bits per heavy atom. The standard InChI is InChI=1S/C22H26N2O3/c25-22(23-14-19-16-26-20-8-4-5-9-21(20)27-19)18-10-12-24(13-11-18)15-17-6-2-1-3-7-17/h1-9,18-19H,10-16H2,(H,23,25)/t19-/m0/s1. The van der Waals surface area contributed by atoms with E-state index in [1.165, 1.54) is 5.56 Å². The number of nitrogens with zero attached hydrogens (tertiary/aromatic N) is 1. The minimum Gasteiger partial charge on any atom is -0.486 e. The molecule has 0 bridgehead atoms. The van der Waals surface area contributed by atoms with Crippen molar-refractivity contribution in [1.82, 2.24) is 10.2 Å². The van der Waals surface area contributed by atoms with Crippen molar-refractivity contribution < 1.29 is 14.3 Å². The topological polar surface area (TPSA) is 50.8 Å². The highest BCUT2D eigenvalue weighted by atomic mass is 16.6. The third-order valence-electron chi connectivity index (χ3n) is 5.28. The maximum atomic E-state index is 12.5. The molecule has 0 unspecified atom stereocenters. The number of benzene rings is 2. The number of amides is 1. The Morgan fingerprint density at radius 1 is 1.00 bits per heavy atom. The van der Waals surface area contributed by atoms with Gasteiger partial charge >= 0.3 is 0 Å². The minimum atomic E-state index is -0.137. The molecule has 2 heterocycles. The smallest absolute Gasteiger partial charge is 0.223 e. The molecule has 4 rings (SSSR count). The predicted molar refractivity (Wildman–Crippen MR) is 104 cm³/mol. The molecule has 0 saturated carbocycles. The van der Waals surface area contributed by atoms with Crippen LogP contribution < -0.4 is 14.8 Å². The number of hydrogen-bond acceptors (Lipinski definition) is 4. The molecule has 142 valence electrons. The molecule has 1 N–H and O–H groups in total. The molecule has 2 aliphatic heterocycles. The Labute approximate surface area is 160 Å². The van der Waals surface area contributed by atoms with Gasteiger partial charge in [0, 0.05) is 12.5 Å². The predicted octanol–water partition coefficient (Wildman–Crippen LogP) is 2.85. The van der Waals surface area contributed by atoms with Gasteiger partial charge in [0.1, 0.15) is 12.7 Å². The number of carbonyl (C=O) groups is 1. The number of fused-ring (bicyclic) bond motifs is 1. The van der Waals surface area contributed by atoms with Gasteiger partial charge in [0.15, 0.2) is 11.5 Å². The summed E-state index contributed by atoms with van der Waals surface area (Å²) >= 11 is 0. The minimum absolute atomic E-state index is 0.0915. The first kappa shape index (κ1) is 17.9. The number of carbonyl (C=O) groups excluding carboxylic acids is 1. The average Bonchev–Trinajstić information content (AvgIpc) is 2.73. The molecule has 1 atom stereocenters. The van der Waals surface area contributed by atoms with Crippen molar-refractivity contribution in [2.24, 2.45) is 5.92 Å². The number of likely N-dealkylation sites (tertiary alicyclic amines) is 1. The van der Waals surface area contributed by atoms with Crippen molar-refractivity contribution in [3.05, 3.63) is 60.2 Å². The quantitative estimate of drug-likeness (QED) is 0.884. The van der Waals surface area contributed by atoms with Crippen molar-refractivity contribution in [2.45, 2.75) is 25.5 Å². The molecule has 5 heteroatoms. The van der Waals surface area contributed by atoms with Gasteiger partial charge in [-0.25, -0.2) is 0 Å². The van der Waals surface area contributed by atoms with E-state index in [0.29, 0.717) is 13.2 Å². The molecule has 1 amide bonds. The number of rotatable bonds is 5. The van der Waals surface area contributed by atoms with Gasteiger partial charge in [0.2, 0.25) is 5.91 Å². The summed E-state index contributed by atoms with van der Waals surface area (Å²) in [5, 5.41) is 3.05. The van der Waals surface area contributed by atoms with E-state index in [-0.39, 0.29) is 17.9 Å². The summed E-state index contributed by atoms with van der Waals surface area (Å²) in [5.74, 6) is 1.74. The molecule has 2 aromatic rings. The van der Waals surface area contributed by atoms with Gasteiger partial charge in [-0.1, -0.05) is 42.5 Å². The van der Waals surface area contributed by atoms with Crippen molar-refractivity contribution in [2.75, 3.05) is 26.2 Å². The van der Waals surface area contributed by atoms with E-state index in [2.05, 4.69) is 34.5 Å². The Balaban J connectivity index is 1.20. The van der Waals surface area contributed by atoms with E-state index in [9.17, 15) is 4.79 Å². The number of hydrogen-bond donors (Lipinski definition) is 1. The lowest BCUT2D eigenvalue weighted by Gasteiger charge is -2.32. The largest absolute Gasteiger partial charge is 0.486 e. The van der Waals surface area contributed by atoms with E-state index < -0.39 is 0 Å². The summed E-state index contributed by atoms with van der Waals surface area (Å²) in [5.41, 5.74) is 1.33. The number of nitrogens with one attached hydrogen (secondary N) is 1. The van der Waals surface area contributed by atoms with Gasteiger partial charge in [-0.05, 0) is 43.6 Å². The zero-order chi connectivity index (χ0) is 18.5. The molecule has 2 aliphatic rings. The summed E-state index contributed by atoms with van der Waals surface area (Å²) in [6, 6.07) is 18.1. The molecule has 0 aliphatic carbocycles. The molecule has 5 nitrogen and oxygen atoms in total. The highest BCUT2D eigenvalue weighted by Crippen LogP contribution is 2.30. The highest BCUT2D eigenvalue weighted by molar-refractivity contribution is 5.78. The van der Waals surface area contributed by atoms with Crippen LogP contribution in [0.2, 0.25) is 0 Å². The molecule has 1 fully saturated rings. The number of para-hydroxylation sites is 2. The second-order valence-corrected chi connectivity index (χ2v) is 7.28. The third kappa shape index (κ3) is 4.61. The molecule has 0 radical (unpaired) electrons. The molecule has 0 aromatic heterocycles. The maximum absolute atomic E-state index is 12.5. The first-order valence-corrected chi connectivity index (χ1v) is 9.70. The normalized spacial score (nSPS) is 20.2. The highest BCUT2D eigenvalue weighted by Gasteiger charge is 2.27. The summed E-state index contributed by atoms with van der Waals surface area (Å²) in [7, 11) is 0. The molecular formula is C22H26N2O3. The fourth-order valence-electron chi connectivity index (χ4n) is 3.72. The summed E-state index contributed by atoms with van der Waals surface area (Å²) in [6.45, 7) is 3.83. The van der Waals surface area contributed by atoms with Crippen LogP contribution in [0.4, 0.5) is 0 Å². The first-order chi connectivity index (χ1) is 13.3. The second kappa shape index (κ2) is 8.44. The van der Waals surface area contributed by atoms with Crippen LogP contribution in [-0.2, 0) is 11.3 Å². The van der Waals surface area contributed by atoms with Crippen molar-refractivity contribution >= 4 is 5.91 Å². The molecule has 2 aromatic carbocycles. The van der Waals surface area contributed by atoms with E-state index in [4.69, 9.17) is 9.47 Å². The Morgan fingerprint density at radius 2 is 1.70 bits per heavy atom. The van der Waals surface area contributed by atoms with E-state index in [1.54, 1.807) is 0 Å². The third-order valence-corrected chi connectivity index (χ3v) is 5.28. The van der Waals surface area contributed by atoms with Crippen LogP contribution in [0.3, 0.4) is 0 Å². The molecular weight excluding hydrogens is 340 g/mol. The van der Waals surface area contributed by atoms with Crippen molar-refractivity contribution in [3.63, 3.8) is 0 Å². The lowest BCUT2D eigenvalue weighted by molar-refractivity contribution is -0.127. The zero-order valence-electron chi connectivity index (χ0n) is 15.5. The molecule has 0 spiro atoms. The number of ether oxygens (including phenoxy) is 2.